The molecule has 9 heteroatoms. The zero-order chi connectivity index (χ0) is 24.8. The molecule has 0 saturated heterocycles. The predicted octanol–water partition coefficient (Wildman–Crippen LogP) is 3.22. The number of amides is 1. The van der Waals surface area contributed by atoms with Crippen molar-refractivity contribution in [2.24, 2.45) is 0 Å². The molecule has 0 atom stereocenters. The molecule has 0 aliphatic rings. The van der Waals surface area contributed by atoms with E-state index in [1.165, 1.54) is 4.57 Å². The molecular weight excluding hydrogens is 446 g/mol. The number of hydrogen-bond donors (Lipinski definition) is 2. The molecule has 0 bridgehead atoms. The number of rotatable bonds is 10. The highest BCUT2D eigenvalue weighted by Gasteiger charge is 2.18. The van der Waals surface area contributed by atoms with Gasteiger partial charge in [-0.3, -0.25) is 19.1 Å². The fourth-order valence-electron chi connectivity index (χ4n) is 3.95. The van der Waals surface area contributed by atoms with Crippen molar-refractivity contribution in [3.05, 3.63) is 92.4 Å². The highest BCUT2D eigenvalue weighted by Crippen LogP contribution is 2.18. The van der Waals surface area contributed by atoms with Crippen molar-refractivity contribution in [3.63, 3.8) is 0 Å². The molecule has 9 nitrogen and oxygen atoms in total. The number of carbonyl (C=O) groups excluding carboxylic acids is 1. The van der Waals surface area contributed by atoms with Crippen LogP contribution in [0.2, 0.25) is 0 Å². The second-order valence-corrected chi connectivity index (χ2v) is 8.19. The van der Waals surface area contributed by atoms with Crippen LogP contribution in [0.3, 0.4) is 0 Å². The third-order valence-corrected chi connectivity index (χ3v) is 5.78. The number of aromatic nitrogens is 4. The monoisotopic (exact) mass is 475 g/mol. The molecule has 35 heavy (non-hydrogen) atoms. The van der Waals surface area contributed by atoms with Gasteiger partial charge in [0.15, 0.2) is 11.2 Å². The third-order valence-electron chi connectivity index (χ3n) is 5.78. The Kier molecular flexibility index (Phi) is 7.45. The lowest BCUT2D eigenvalue weighted by molar-refractivity contribution is 0.0950. The number of H-pyrrole nitrogens is 1. The van der Waals surface area contributed by atoms with Gasteiger partial charge in [0.25, 0.3) is 11.5 Å². The number of fused-ring (bicyclic) bond motifs is 1. The van der Waals surface area contributed by atoms with Gasteiger partial charge < -0.3 is 14.6 Å². The molecule has 4 rings (SSSR count). The van der Waals surface area contributed by atoms with Crippen LogP contribution < -0.4 is 21.3 Å². The minimum Gasteiger partial charge on any atom is -0.486 e. The first-order chi connectivity index (χ1) is 17.0. The van der Waals surface area contributed by atoms with Gasteiger partial charge in [-0.2, -0.15) is 0 Å². The number of aryl methyl sites for hydroxylation is 2. The molecule has 0 spiro atoms. The van der Waals surface area contributed by atoms with Gasteiger partial charge in [0, 0.05) is 25.2 Å². The molecule has 0 saturated carbocycles. The summed E-state index contributed by atoms with van der Waals surface area (Å²) in [5.74, 6) is 0.832. The lowest BCUT2D eigenvalue weighted by atomic mass is 10.2. The van der Waals surface area contributed by atoms with Gasteiger partial charge >= 0.3 is 5.69 Å². The van der Waals surface area contributed by atoms with Gasteiger partial charge in [-0.1, -0.05) is 49.7 Å². The Balaban J connectivity index is 1.53. The van der Waals surface area contributed by atoms with E-state index in [-0.39, 0.29) is 12.5 Å². The standard InChI is InChI=1S/C26H29N5O4/c1-3-5-14-31-23-22(25(33)29-26(31)34)30(4-2)21(28-23)17-35-20-13-9-12-19(15-20)24(32)27-16-18-10-7-6-8-11-18/h6-13,15H,3-5,14,16-17H2,1-2H3,(H,27,32)(H,29,33,34). The summed E-state index contributed by atoms with van der Waals surface area (Å²) in [6.07, 6.45) is 1.71. The lowest BCUT2D eigenvalue weighted by Gasteiger charge is -2.10. The molecule has 0 aliphatic carbocycles. The largest absolute Gasteiger partial charge is 0.486 e. The Morgan fingerprint density at radius 1 is 1.06 bits per heavy atom. The van der Waals surface area contributed by atoms with Crippen LogP contribution in [-0.4, -0.2) is 25.0 Å². The number of unbranched alkanes of at least 4 members (excludes halogenated alkanes) is 1. The minimum atomic E-state index is -0.463. The van der Waals surface area contributed by atoms with Crippen molar-refractivity contribution in [1.29, 1.82) is 0 Å². The number of aromatic amines is 1. The Hall–Kier alpha value is -4.14. The Morgan fingerprint density at radius 2 is 1.86 bits per heavy atom. The fraction of sp³-hybridized carbons (Fsp3) is 0.308. The van der Waals surface area contributed by atoms with E-state index in [0.29, 0.717) is 47.9 Å². The van der Waals surface area contributed by atoms with Crippen molar-refractivity contribution in [1.82, 2.24) is 24.4 Å². The number of benzene rings is 2. The van der Waals surface area contributed by atoms with Gasteiger partial charge in [-0.05, 0) is 37.1 Å². The number of ether oxygens (including phenoxy) is 1. The Labute approximate surface area is 202 Å². The maximum absolute atomic E-state index is 12.6. The summed E-state index contributed by atoms with van der Waals surface area (Å²) in [4.78, 5) is 44.5. The molecule has 0 fully saturated rings. The van der Waals surface area contributed by atoms with E-state index in [1.54, 1.807) is 28.8 Å². The molecular formula is C26H29N5O4. The summed E-state index contributed by atoms with van der Waals surface area (Å²) in [6, 6.07) is 16.6. The molecule has 2 N–H and O–H groups in total. The molecule has 2 aromatic carbocycles. The molecule has 182 valence electrons. The van der Waals surface area contributed by atoms with Crippen LogP contribution >= 0.6 is 0 Å². The second kappa shape index (κ2) is 10.9. The summed E-state index contributed by atoms with van der Waals surface area (Å²) < 4.78 is 9.21. The summed E-state index contributed by atoms with van der Waals surface area (Å²) in [6.45, 7) is 5.42. The molecule has 1 amide bonds. The minimum absolute atomic E-state index is 0.0824. The first-order valence-corrected chi connectivity index (χ1v) is 11.8. The topological polar surface area (TPSA) is 111 Å². The first-order valence-electron chi connectivity index (χ1n) is 11.8. The van der Waals surface area contributed by atoms with Crippen LogP contribution in [0.4, 0.5) is 0 Å². The van der Waals surface area contributed by atoms with E-state index < -0.39 is 11.2 Å². The number of hydrogen-bond acceptors (Lipinski definition) is 5. The lowest BCUT2D eigenvalue weighted by Crippen LogP contribution is -2.31. The van der Waals surface area contributed by atoms with Crippen molar-refractivity contribution >= 4 is 17.1 Å². The molecule has 0 aliphatic heterocycles. The fourth-order valence-corrected chi connectivity index (χ4v) is 3.95. The van der Waals surface area contributed by atoms with E-state index in [9.17, 15) is 14.4 Å². The Bertz CT molecular complexity index is 1440. The van der Waals surface area contributed by atoms with Gasteiger partial charge in [-0.15, -0.1) is 0 Å². The highest BCUT2D eigenvalue weighted by atomic mass is 16.5. The number of carbonyl (C=O) groups is 1. The SMILES string of the molecule is CCCCn1c(=O)[nH]c(=O)c2c1nc(COc1cccc(C(=O)NCc3ccccc3)c1)n2CC. The van der Waals surface area contributed by atoms with Crippen LogP contribution in [-0.2, 0) is 26.2 Å². The van der Waals surface area contributed by atoms with Gasteiger partial charge in [0.1, 0.15) is 18.2 Å². The third kappa shape index (κ3) is 5.34. The molecule has 2 aromatic heterocycles. The average molecular weight is 476 g/mol. The van der Waals surface area contributed by atoms with Crippen LogP contribution in [0.5, 0.6) is 5.75 Å². The van der Waals surface area contributed by atoms with Crippen molar-refractivity contribution in [2.45, 2.75) is 52.9 Å². The van der Waals surface area contributed by atoms with Gasteiger partial charge in [0.05, 0.1) is 0 Å². The van der Waals surface area contributed by atoms with Crippen molar-refractivity contribution in [2.75, 3.05) is 0 Å². The summed E-state index contributed by atoms with van der Waals surface area (Å²) >= 11 is 0. The van der Waals surface area contributed by atoms with Crippen LogP contribution in [0, 0.1) is 0 Å². The van der Waals surface area contributed by atoms with Crippen LogP contribution in [0.1, 0.15) is 48.4 Å². The van der Waals surface area contributed by atoms with E-state index >= 15 is 0 Å². The normalized spacial score (nSPS) is 11.0. The average Bonchev–Trinajstić information content (AvgIpc) is 3.25. The number of nitrogens with zero attached hydrogens (tertiary/aromatic N) is 3. The summed E-state index contributed by atoms with van der Waals surface area (Å²) in [5, 5.41) is 2.91. The first kappa shape index (κ1) is 24.0. The van der Waals surface area contributed by atoms with Crippen LogP contribution in [0.15, 0.2) is 64.2 Å². The van der Waals surface area contributed by atoms with E-state index in [4.69, 9.17) is 4.74 Å². The number of nitrogens with one attached hydrogen (secondary N) is 2. The molecule has 0 unspecified atom stereocenters. The quantitative estimate of drug-likeness (QED) is 0.366. The smallest absolute Gasteiger partial charge is 0.330 e. The molecule has 2 heterocycles. The maximum Gasteiger partial charge on any atom is 0.330 e. The number of imidazole rings is 1. The highest BCUT2D eigenvalue weighted by molar-refractivity contribution is 5.94. The van der Waals surface area contributed by atoms with Crippen LogP contribution in [0.25, 0.3) is 11.2 Å². The zero-order valence-corrected chi connectivity index (χ0v) is 19.9. The summed E-state index contributed by atoms with van der Waals surface area (Å²) in [7, 11) is 0. The van der Waals surface area contributed by atoms with Gasteiger partial charge in [-0.25, -0.2) is 9.78 Å². The Morgan fingerprint density at radius 3 is 2.60 bits per heavy atom. The van der Waals surface area contributed by atoms with E-state index in [0.717, 1.165) is 18.4 Å². The van der Waals surface area contributed by atoms with Gasteiger partial charge in [0.2, 0.25) is 0 Å². The molecule has 4 aromatic rings. The molecule has 0 radical (unpaired) electrons. The second-order valence-electron chi connectivity index (χ2n) is 8.19. The maximum atomic E-state index is 12.6. The summed E-state index contributed by atoms with van der Waals surface area (Å²) in [5.41, 5.74) is 1.29. The van der Waals surface area contributed by atoms with Crippen molar-refractivity contribution in [3.8, 4) is 5.75 Å². The van der Waals surface area contributed by atoms with E-state index in [2.05, 4.69) is 15.3 Å². The zero-order valence-electron chi connectivity index (χ0n) is 19.9. The van der Waals surface area contributed by atoms with Crippen molar-refractivity contribution < 1.29 is 9.53 Å². The van der Waals surface area contributed by atoms with E-state index in [1.807, 2.05) is 44.2 Å². The predicted molar refractivity (Wildman–Crippen MR) is 134 cm³/mol.